The van der Waals surface area contributed by atoms with Crippen LogP contribution in [0.5, 0.6) is 0 Å². The number of Topliss-reactive ketones (excluding diaryl/α,β-unsaturated/α-hetero) is 1. The maximum absolute atomic E-state index is 12.8. The van der Waals surface area contributed by atoms with Crippen molar-refractivity contribution < 1.29 is 29.3 Å². The zero-order valence-corrected chi connectivity index (χ0v) is 17.9. The van der Waals surface area contributed by atoms with Crippen molar-refractivity contribution in [2.45, 2.75) is 91.1 Å². The number of hydrogen-bond donors (Lipinski definition) is 2. The number of rotatable bonds is 2. The molecule has 6 heteroatoms. The minimum atomic E-state index is -1.71. The molecule has 158 valence electrons. The van der Waals surface area contributed by atoms with Gasteiger partial charge in [0.05, 0.1) is 18.1 Å². The molecule has 1 saturated heterocycles. The summed E-state index contributed by atoms with van der Waals surface area (Å²) in [7, 11) is 1.63. The van der Waals surface area contributed by atoms with Gasteiger partial charge in [-0.05, 0) is 38.5 Å². The predicted octanol–water partition coefficient (Wildman–Crippen LogP) is 2.73. The summed E-state index contributed by atoms with van der Waals surface area (Å²) in [6.07, 6.45) is -0.0228. The van der Waals surface area contributed by atoms with Crippen molar-refractivity contribution in [2.75, 3.05) is 7.11 Å². The summed E-state index contributed by atoms with van der Waals surface area (Å²) >= 11 is 0. The highest BCUT2D eigenvalue weighted by Crippen LogP contribution is 2.31. The molecular weight excluding hydrogens is 348 g/mol. The lowest BCUT2D eigenvalue weighted by molar-refractivity contribution is -0.190. The fourth-order valence-corrected chi connectivity index (χ4v) is 4.22. The standard InChI is InChI=1S/C21H38O6/c1-8-17-21(6,25)19(23)15(5)18(22)13(3)11-16(26-7)10-12(2)9-14(4)20(24)27-17/h12-17,19,23,25H,8-11H2,1-7H3/t12-,13+,14?,15?,16?,17+,19?,21+/m0/s1. The van der Waals surface area contributed by atoms with Crippen LogP contribution in [0, 0.1) is 23.7 Å². The minimum Gasteiger partial charge on any atom is -0.459 e. The van der Waals surface area contributed by atoms with Crippen molar-refractivity contribution in [3.05, 3.63) is 0 Å². The summed E-state index contributed by atoms with van der Waals surface area (Å²) < 4.78 is 11.1. The second-order valence-corrected chi connectivity index (χ2v) is 8.67. The molecule has 4 unspecified atom stereocenters. The molecule has 0 aromatic rings. The smallest absolute Gasteiger partial charge is 0.309 e. The van der Waals surface area contributed by atoms with E-state index >= 15 is 0 Å². The van der Waals surface area contributed by atoms with Crippen molar-refractivity contribution in [1.82, 2.24) is 0 Å². The number of ketones is 1. The Hall–Kier alpha value is -0.980. The predicted molar refractivity (Wildman–Crippen MR) is 103 cm³/mol. The summed E-state index contributed by atoms with van der Waals surface area (Å²) in [4.78, 5) is 25.4. The molecule has 27 heavy (non-hydrogen) atoms. The zero-order chi connectivity index (χ0) is 20.9. The third-order valence-corrected chi connectivity index (χ3v) is 6.06. The highest BCUT2D eigenvalue weighted by atomic mass is 16.6. The molecule has 0 saturated carbocycles. The summed E-state index contributed by atoms with van der Waals surface area (Å²) in [5.41, 5.74) is -1.71. The first-order valence-corrected chi connectivity index (χ1v) is 10.1. The maximum Gasteiger partial charge on any atom is 0.309 e. The number of ether oxygens (including phenoxy) is 2. The van der Waals surface area contributed by atoms with E-state index in [-0.39, 0.29) is 35.6 Å². The first-order chi connectivity index (χ1) is 12.4. The van der Waals surface area contributed by atoms with Gasteiger partial charge in [0.2, 0.25) is 0 Å². The van der Waals surface area contributed by atoms with E-state index in [0.29, 0.717) is 19.3 Å². The van der Waals surface area contributed by atoms with Crippen LogP contribution < -0.4 is 0 Å². The van der Waals surface area contributed by atoms with E-state index in [1.54, 1.807) is 21.0 Å². The molecule has 0 bridgehead atoms. The molecule has 0 radical (unpaired) electrons. The van der Waals surface area contributed by atoms with Gasteiger partial charge in [0.1, 0.15) is 17.5 Å². The minimum absolute atomic E-state index is 0.0987. The topological polar surface area (TPSA) is 93.1 Å². The second kappa shape index (κ2) is 9.99. The zero-order valence-electron chi connectivity index (χ0n) is 17.9. The van der Waals surface area contributed by atoms with Crippen LogP contribution >= 0.6 is 0 Å². The summed E-state index contributed by atoms with van der Waals surface area (Å²) in [5.74, 6) is -1.68. The molecule has 0 spiro atoms. The number of aliphatic hydroxyl groups is 2. The van der Waals surface area contributed by atoms with Crippen LogP contribution in [0.3, 0.4) is 0 Å². The van der Waals surface area contributed by atoms with Gasteiger partial charge in [-0.1, -0.05) is 34.6 Å². The van der Waals surface area contributed by atoms with Crippen LogP contribution in [-0.2, 0) is 19.1 Å². The van der Waals surface area contributed by atoms with Gasteiger partial charge in [-0.25, -0.2) is 0 Å². The number of carbonyl (C=O) groups excluding carboxylic acids is 2. The lowest BCUT2D eigenvalue weighted by atomic mass is 9.78. The van der Waals surface area contributed by atoms with Gasteiger partial charge < -0.3 is 19.7 Å². The van der Waals surface area contributed by atoms with Gasteiger partial charge in [-0.2, -0.15) is 0 Å². The van der Waals surface area contributed by atoms with Crippen LogP contribution in [0.25, 0.3) is 0 Å². The molecule has 1 fully saturated rings. The average molecular weight is 387 g/mol. The Bertz CT molecular complexity index is 503. The quantitative estimate of drug-likeness (QED) is 0.709. The SMILES string of the molecule is CC[C@H]1OC(=O)C(C)C[C@H](C)CC(OC)C[C@@H](C)C(=O)C(C)C(O)[C@]1(C)O. The van der Waals surface area contributed by atoms with Crippen LogP contribution in [0.2, 0.25) is 0 Å². The number of cyclic esters (lactones) is 1. The molecule has 1 heterocycles. The van der Waals surface area contributed by atoms with Crippen molar-refractivity contribution in [3.63, 3.8) is 0 Å². The molecule has 0 amide bonds. The summed E-state index contributed by atoms with van der Waals surface area (Å²) in [6, 6.07) is 0. The average Bonchev–Trinajstić information content (AvgIpc) is 2.61. The molecule has 0 aliphatic carbocycles. The first kappa shape index (κ1) is 24.1. The molecular formula is C21H38O6. The van der Waals surface area contributed by atoms with Crippen molar-refractivity contribution in [3.8, 4) is 0 Å². The van der Waals surface area contributed by atoms with Gasteiger partial charge in [0.15, 0.2) is 0 Å². The summed E-state index contributed by atoms with van der Waals surface area (Å²) in [5, 5.41) is 21.7. The van der Waals surface area contributed by atoms with Gasteiger partial charge in [-0.3, -0.25) is 9.59 Å². The van der Waals surface area contributed by atoms with Crippen LogP contribution in [-0.4, -0.2) is 53.0 Å². The Morgan fingerprint density at radius 1 is 1.11 bits per heavy atom. The van der Waals surface area contributed by atoms with E-state index in [1.807, 2.05) is 13.8 Å². The number of methoxy groups -OCH3 is 1. The Kier molecular flexibility index (Phi) is 8.90. The van der Waals surface area contributed by atoms with E-state index in [1.165, 1.54) is 6.92 Å². The van der Waals surface area contributed by atoms with E-state index < -0.39 is 23.7 Å². The molecule has 1 aliphatic heterocycles. The first-order valence-electron chi connectivity index (χ1n) is 10.1. The molecule has 8 atom stereocenters. The van der Waals surface area contributed by atoms with Gasteiger partial charge in [-0.15, -0.1) is 0 Å². The molecule has 1 aliphatic rings. The Labute approximate surface area is 163 Å². The van der Waals surface area contributed by atoms with E-state index in [4.69, 9.17) is 9.47 Å². The summed E-state index contributed by atoms with van der Waals surface area (Å²) in [6.45, 7) is 10.6. The highest BCUT2D eigenvalue weighted by Gasteiger charge is 2.46. The van der Waals surface area contributed by atoms with Crippen LogP contribution in [0.4, 0.5) is 0 Å². The fraction of sp³-hybridized carbons (Fsp3) is 0.905. The lowest BCUT2D eigenvalue weighted by Crippen LogP contribution is -2.55. The fourth-order valence-electron chi connectivity index (χ4n) is 4.22. The van der Waals surface area contributed by atoms with E-state index in [9.17, 15) is 19.8 Å². The molecule has 1 rings (SSSR count). The Balaban J connectivity index is 3.21. The normalized spacial score (nSPS) is 43.1. The third-order valence-electron chi connectivity index (χ3n) is 6.06. The van der Waals surface area contributed by atoms with Gasteiger partial charge in [0, 0.05) is 18.9 Å². The number of esters is 1. The van der Waals surface area contributed by atoms with Gasteiger partial charge >= 0.3 is 5.97 Å². The van der Waals surface area contributed by atoms with Crippen LogP contribution in [0.1, 0.15) is 67.2 Å². The third kappa shape index (κ3) is 6.00. The van der Waals surface area contributed by atoms with Crippen molar-refractivity contribution in [1.29, 1.82) is 0 Å². The number of hydrogen-bond acceptors (Lipinski definition) is 6. The molecule has 2 N–H and O–H groups in total. The monoisotopic (exact) mass is 386 g/mol. The van der Waals surface area contributed by atoms with E-state index in [0.717, 1.165) is 6.42 Å². The maximum atomic E-state index is 12.8. The van der Waals surface area contributed by atoms with E-state index in [2.05, 4.69) is 6.92 Å². The highest BCUT2D eigenvalue weighted by molar-refractivity contribution is 5.83. The Morgan fingerprint density at radius 3 is 2.22 bits per heavy atom. The number of aliphatic hydroxyl groups excluding tert-OH is 1. The molecule has 6 nitrogen and oxygen atoms in total. The van der Waals surface area contributed by atoms with Crippen molar-refractivity contribution in [2.24, 2.45) is 23.7 Å². The Morgan fingerprint density at radius 2 is 1.70 bits per heavy atom. The molecule has 0 aromatic heterocycles. The molecule has 0 aromatic carbocycles. The lowest BCUT2D eigenvalue weighted by Gasteiger charge is -2.39. The van der Waals surface area contributed by atoms with Crippen molar-refractivity contribution >= 4 is 11.8 Å². The largest absolute Gasteiger partial charge is 0.459 e. The number of carbonyl (C=O) groups is 2. The van der Waals surface area contributed by atoms with Gasteiger partial charge in [0.25, 0.3) is 0 Å². The van der Waals surface area contributed by atoms with Crippen LogP contribution in [0.15, 0.2) is 0 Å². The second-order valence-electron chi connectivity index (χ2n) is 8.67.